The zero-order valence-corrected chi connectivity index (χ0v) is 45.7. The van der Waals surface area contributed by atoms with Gasteiger partial charge in [-0.3, -0.25) is 29.0 Å². The van der Waals surface area contributed by atoms with Crippen molar-refractivity contribution in [1.29, 1.82) is 0 Å². The van der Waals surface area contributed by atoms with E-state index in [0.717, 1.165) is 0 Å². The number of aliphatic hydroxyl groups excluding tert-OH is 9. The molecule has 18 atom stereocenters. The van der Waals surface area contributed by atoms with Crippen molar-refractivity contribution in [2.75, 3.05) is 0 Å². The highest BCUT2D eigenvalue weighted by atomic mass is 16.7. The van der Waals surface area contributed by atoms with Crippen LogP contribution in [0.1, 0.15) is 122 Å². The van der Waals surface area contributed by atoms with Crippen molar-refractivity contribution in [2.45, 2.75) is 197 Å². The molecule has 0 radical (unpaired) electrons. The van der Waals surface area contributed by atoms with Gasteiger partial charge in [-0.2, -0.15) is 0 Å². The SMILES string of the molecule is C[C@H](C[C@H](C)[C@@H]1OC(=O)C[C@H](O)CCCC(=O)C[C@@H](O)C[C@@H](O)C[C@@H](O)CC(=O)C[C@H](O)[C@@H](CC(=O)O)[C@@H](O)C[C@@H](O[C@H]2O[C@@H](C)[C@H](O)[C@H](N)[C@@H]2O)C=CC=CC=CC=CC=CC=CC=C[C@@H]1C)[C@H](O)CC(=O)c1ccncc1. The number of ether oxygens (including phenoxy) is 3. The number of cyclic esters (lactones) is 1. The van der Waals surface area contributed by atoms with Crippen LogP contribution in [0, 0.1) is 23.7 Å². The van der Waals surface area contributed by atoms with Gasteiger partial charge < -0.3 is 71.0 Å². The van der Waals surface area contributed by atoms with E-state index in [9.17, 15) is 75.0 Å². The third-order valence-electron chi connectivity index (χ3n) is 14.0. The highest BCUT2D eigenvalue weighted by molar-refractivity contribution is 5.96. The summed E-state index contributed by atoms with van der Waals surface area (Å²) in [6.45, 7) is 7.11. The van der Waals surface area contributed by atoms with Gasteiger partial charge in [0.15, 0.2) is 12.1 Å². The lowest BCUT2D eigenvalue weighted by molar-refractivity contribution is -0.277. The Hall–Kier alpha value is -5.20. The average Bonchev–Trinajstić information content (AvgIpc) is 3.37. The molecular weight excluding hydrogens is 1020 g/mol. The van der Waals surface area contributed by atoms with Gasteiger partial charge in [0, 0.05) is 68.3 Å². The smallest absolute Gasteiger partial charge is 0.308 e. The summed E-state index contributed by atoms with van der Waals surface area (Å²) in [6, 6.07) is 2.01. The number of aromatic nitrogens is 1. The van der Waals surface area contributed by atoms with Crippen molar-refractivity contribution in [3.8, 4) is 0 Å². The summed E-state index contributed by atoms with van der Waals surface area (Å²) in [6.07, 6.45) is 7.57. The number of aliphatic hydroxyl groups is 9. The normalized spacial score (nSPS) is 32.8. The largest absolute Gasteiger partial charge is 0.481 e. The number of carbonyl (C=O) groups excluding carboxylic acids is 4. The van der Waals surface area contributed by atoms with Gasteiger partial charge >= 0.3 is 11.9 Å². The third kappa shape index (κ3) is 26.3. The molecule has 0 bridgehead atoms. The molecule has 0 aliphatic carbocycles. The van der Waals surface area contributed by atoms with Crippen molar-refractivity contribution in [3.05, 3.63) is 115 Å². The fourth-order valence-electron chi connectivity index (χ4n) is 9.54. The number of ketones is 3. The maximum absolute atomic E-state index is 13.3. The monoisotopic (exact) mass is 1110 g/mol. The average molecular weight is 1110 g/mol. The molecule has 79 heavy (non-hydrogen) atoms. The summed E-state index contributed by atoms with van der Waals surface area (Å²) in [5.41, 5.74) is 6.45. The van der Waals surface area contributed by atoms with Gasteiger partial charge in [0.05, 0.1) is 79.9 Å². The highest BCUT2D eigenvalue weighted by Crippen LogP contribution is 2.30. The molecule has 0 amide bonds. The van der Waals surface area contributed by atoms with E-state index in [0.29, 0.717) is 12.0 Å². The second-order valence-corrected chi connectivity index (χ2v) is 21.1. The van der Waals surface area contributed by atoms with E-state index in [2.05, 4.69) is 4.98 Å². The second kappa shape index (κ2) is 36.2. The number of carbonyl (C=O) groups is 5. The van der Waals surface area contributed by atoms with Crippen LogP contribution in [0.25, 0.3) is 0 Å². The zero-order chi connectivity index (χ0) is 58.6. The molecule has 12 N–H and O–H groups in total. The molecule has 440 valence electrons. The quantitative estimate of drug-likeness (QED) is 0.111. The van der Waals surface area contributed by atoms with Crippen LogP contribution >= 0.6 is 0 Å². The van der Waals surface area contributed by atoms with Crippen molar-refractivity contribution < 1.29 is 89.2 Å². The maximum Gasteiger partial charge on any atom is 0.308 e. The first-order valence-corrected chi connectivity index (χ1v) is 27.2. The first kappa shape index (κ1) is 68.1. The number of allylic oxidation sites excluding steroid dienone is 12. The Kier molecular flexibility index (Phi) is 31.2. The standard InChI is InChI=1S/C59H86N2O18/c1-36-18-15-13-11-9-7-5-6-8-10-12-14-16-21-47(78-59-57(76)55(60)56(75)39(4)77-59)33-52(71)48(34-53(72)73)51(70)31-46(67)30-45(66)29-44(65)28-43(64)27-41(62)19-17-20-42(63)32-54(74)79-58(36)38(3)26-37(2)49(68)35-50(69)40-22-24-61-25-23-40/h5-16,18,21-25,36-39,42-45,47-49,51-52,55-59,63-66,68,70-71,75-76H,17,19-20,26-35,60H2,1-4H3,(H,72,73)/t36-,37+,38-,39-,42+,43+,44+,45+,47-,48+,49+,51-,52-,55-,56-,57-,58+,59+/m0/s1. The Morgan fingerprint density at radius 2 is 1.27 bits per heavy atom. The van der Waals surface area contributed by atoms with Gasteiger partial charge in [0.1, 0.15) is 23.8 Å². The number of esters is 1. The second-order valence-electron chi connectivity index (χ2n) is 21.1. The molecule has 0 unspecified atom stereocenters. The minimum atomic E-state index is -1.72. The number of rotatable bonds is 11. The lowest BCUT2D eigenvalue weighted by atomic mass is 9.83. The number of hydrogen-bond acceptors (Lipinski definition) is 19. The first-order chi connectivity index (χ1) is 37.4. The minimum Gasteiger partial charge on any atom is -0.481 e. The number of carboxylic acids is 1. The van der Waals surface area contributed by atoms with E-state index in [-0.39, 0.29) is 80.7 Å². The number of aliphatic carboxylic acids is 1. The molecular formula is C59H86N2O18. The van der Waals surface area contributed by atoms with Crippen molar-refractivity contribution in [3.63, 3.8) is 0 Å². The van der Waals surface area contributed by atoms with Crippen LogP contribution in [0.2, 0.25) is 0 Å². The number of pyridine rings is 1. The van der Waals surface area contributed by atoms with Crippen LogP contribution in [-0.4, -0.2) is 171 Å². The highest BCUT2D eigenvalue weighted by Gasteiger charge is 2.43. The summed E-state index contributed by atoms with van der Waals surface area (Å²) in [7, 11) is 0. The van der Waals surface area contributed by atoms with Gasteiger partial charge in [-0.15, -0.1) is 0 Å². The van der Waals surface area contributed by atoms with Crippen LogP contribution in [0.4, 0.5) is 0 Å². The Balaban J connectivity index is 1.84. The molecule has 20 nitrogen and oxygen atoms in total. The van der Waals surface area contributed by atoms with Crippen LogP contribution < -0.4 is 5.73 Å². The molecule has 0 spiro atoms. The zero-order valence-electron chi connectivity index (χ0n) is 45.7. The molecule has 2 aliphatic heterocycles. The number of hydrogen-bond donors (Lipinski definition) is 11. The molecule has 3 heterocycles. The molecule has 3 rings (SSSR count). The number of Topliss-reactive ketones (excluding diaryl/α,β-unsaturated/α-hetero) is 3. The number of nitrogens with zero attached hydrogens (tertiary/aromatic N) is 1. The van der Waals surface area contributed by atoms with Crippen molar-refractivity contribution >= 4 is 29.3 Å². The van der Waals surface area contributed by atoms with Gasteiger partial charge in [0.2, 0.25) is 0 Å². The van der Waals surface area contributed by atoms with Gasteiger partial charge in [-0.1, -0.05) is 106 Å². The maximum atomic E-state index is 13.3. The van der Waals surface area contributed by atoms with Gasteiger partial charge in [-0.05, 0) is 63.0 Å². The van der Waals surface area contributed by atoms with Gasteiger partial charge in [0.25, 0.3) is 0 Å². The molecule has 2 aliphatic rings. The summed E-state index contributed by atoms with van der Waals surface area (Å²) in [5, 5.41) is 107. The Labute approximate surface area is 463 Å². The Morgan fingerprint density at radius 1 is 0.709 bits per heavy atom. The van der Waals surface area contributed by atoms with E-state index in [4.69, 9.17) is 19.9 Å². The van der Waals surface area contributed by atoms with Crippen molar-refractivity contribution in [1.82, 2.24) is 4.98 Å². The molecule has 0 saturated carbocycles. The molecule has 20 heteroatoms. The molecule has 1 aromatic rings. The van der Waals surface area contributed by atoms with E-state index in [1.165, 1.54) is 25.4 Å². The topological polar surface area (TPSA) is 354 Å². The number of carboxylic acid groups (broad SMARTS) is 1. The van der Waals surface area contributed by atoms with Crippen molar-refractivity contribution in [2.24, 2.45) is 29.4 Å². The van der Waals surface area contributed by atoms with Crippen LogP contribution in [0.15, 0.2) is 110 Å². The van der Waals surface area contributed by atoms with E-state index in [1.54, 1.807) is 85.0 Å². The summed E-state index contributed by atoms with van der Waals surface area (Å²) in [5.74, 6) is -5.81. The van der Waals surface area contributed by atoms with Crippen LogP contribution in [0.5, 0.6) is 0 Å². The molecule has 1 fully saturated rings. The minimum absolute atomic E-state index is 0.0591. The Morgan fingerprint density at radius 3 is 1.85 bits per heavy atom. The van der Waals surface area contributed by atoms with Gasteiger partial charge in [-0.25, -0.2) is 0 Å². The summed E-state index contributed by atoms with van der Waals surface area (Å²) in [4.78, 5) is 67.9. The molecule has 0 aromatic carbocycles. The van der Waals surface area contributed by atoms with Crippen LogP contribution in [0.3, 0.4) is 0 Å². The molecule has 1 aromatic heterocycles. The van der Waals surface area contributed by atoms with E-state index >= 15 is 0 Å². The summed E-state index contributed by atoms with van der Waals surface area (Å²) >= 11 is 0. The molecule has 1 saturated heterocycles. The third-order valence-corrected chi connectivity index (χ3v) is 14.0. The number of nitrogens with two attached hydrogens (primary N) is 1. The predicted octanol–water partition coefficient (Wildman–Crippen LogP) is 3.61. The fourth-order valence-corrected chi connectivity index (χ4v) is 9.54. The lowest BCUT2D eigenvalue weighted by Gasteiger charge is -2.41. The fraction of sp³-hybridized carbons (Fsp3) is 0.593. The van der Waals surface area contributed by atoms with E-state index in [1.807, 2.05) is 26.8 Å². The Bertz CT molecular complexity index is 2230. The summed E-state index contributed by atoms with van der Waals surface area (Å²) < 4.78 is 17.7. The van der Waals surface area contributed by atoms with E-state index < -0.39 is 135 Å². The lowest BCUT2D eigenvalue weighted by Crippen LogP contribution is -2.61. The predicted molar refractivity (Wildman–Crippen MR) is 292 cm³/mol. The van der Waals surface area contributed by atoms with Crippen LogP contribution in [-0.2, 0) is 33.4 Å². The first-order valence-electron chi connectivity index (χ1n) is 27.2.